The molecule has 112 valence electrons. The van der Waals surface area contributed by atoms with Gasteiger partial charge in [0.1, 0.15) is 17.0 Å². The Morgan fingerprint density at radius 1 is 0.909 bits per heavy atom. The third-order valence-electron chi connectivity index (χ3n) is 2.55. The average molecular weight is 315 g/mol. The highest BCUT2D eigenvalue weighted by Gasteiger charge is 2.10. The van der Waals surface area contributed by atoms with E-state index in [0.29, 0.717) is 11.8 Å². The van der Waals surface area contributed by atoms with Crippen LogP contribution in [-0.2, 0) is 0 Å². The van der Waals surface area contributed by atoms with Crippen molar-refractivity contribution in [1.82, 2.24) is 0 Å². The van der Waals surface area contributed by atoms with Crippen molar-refractivity contribution in [2.75, 3.05) is 0 Å². The van der Waals surface area contributed by atoms with Gasteiger partial charge in [0, 0.05) is 11.1 Å². The molecule has 4 heteroatoms. The third kappa shape index (κ3) is 4.91. The minimum Gasteiger partial charge on any atom is -0.206 e. The molecule has 0 unspecified atom stereocenters. The van der Waals surface area contributed by atoms with Crippen LogP contribution in [0.4, 0.5) is 8.78 Å². The van der Waals surface area contributed by atoms with E-state index in [4.69, 9.17) is 5.26 Å². The largest absolute Gasteiger partial charge is 0.206 e. The normalized spacial score (nSPS) is 8.91. The molecule has 22 heavy (non-hydrogen) atoms. The third-order valence-corrected chi connectivity index (χ3v) is 3.23. The van der Waals surface area contributed by atoms with Crippen LogP contribution in [0.2, 0.25) is 0 Å². The lowest BCUT2D eigenvalue weighted by Gasteiger charge is -2.00. The van der Waals surface area contributed by atoms with Crippen molar-refractivity contribution in [2.24, 2.45) is 0 Å². The van der Waals surface area contributed by atoms with Crippen molar-refractivity contribution in [1.29, 1.82) is 5.26 Å². The number of rotatable bonds is 1. The lowest BCUT2D eigenvalue weighted by atomic mass is 10.1. The molecule has 2 aromatic carbocycles. The van der Waals surface area contributed by atoms with Gasteiger partial charge in [-0.15, -0.1) is 0 Å². The van der Waals surface area contributed by atoms with E-state index in [0.717, 1.165) is 23.3 Å². The van der Waals surface area contributed by atoms with Gasteiger partial charge in [-0.3, -0.25) is 0 Å². The molecule has 0 saturated heterocycles. The van der Waals surface area contributed by atoms with Crippen LogP contribution in [0, 0.1) is 41.1 Å². The fraction of sp³-hybridized carbons (Fsp3) is 0.167. The predicted octanol–water partition coefficient (Wildman–Crippen LogP) is 5.27. The molecule has 0 aliphatic carbocycles. The van der Waals surface area contributed by atoms with E-state index in [1.807, 2.05) is 45.0 Å². The number of nitrogens with zero attached hydrogens (tertiary/aromatic N) is 1. The highest BCUT2D eigenvalue weighted by atomic mass is 32.2. The Bertz CT molecular complexity index is 711. The second-order valence-corrected chi connectivity index (χ2v) is 4.87. The maximum absolute atomic E-state index is 13.6. The summed E-state index contributed by atoms with van der Waals surface area (Å²) in [5, 5.41) is 10.1. The highest BCUT2D eigenvalue weighted by molar-refractivity contribution is 8.03. The zero-order chi connectivity index (χ0) is 16.5. The molecule has 0 atom stereocenters. The van der Waals surface area contributed by atoms with Gasteiger partial charge in [0.15, 0.2) is 0 Å². The van der Waals surface area contributed by atoms with Crippen LogP contribution in [0.3, 0.4) is 0 Å². The van der Waals surface area contributed by atoms with Gasteiger partial charge in [-0.2, -0.15) is 5.26 Å². The monoisotopic (exact) mass is 315 g/mol. The molecule has 0 N–H and O–H groups in total. The maximum atomic E-state index is 13.6. The first kappa shape index (κ1) is 17.8. The Morgan fingerprint density at radius 3 is 1.91 bits per heavy atom. The van der Waals surface area contributed by atoms with Crippen molar-refractivity contribution < 1.29 is 8.78 Å². The summed E-state index contributed by atoms with van der Waals surface area (Å²) in [5.74, 6) is 4.00. The van der Waals surface area contributed by atoms with Gasteiger partial charge in [-0.05, 0) is 43.0 Å². The van der Waals surface area contributed by atoms with E-state index in [1.165, 1.54) is 0 Å². The topological polar surface area (TPSA) is 23.8 Å². The molecule has 0 amide bonds. The zero-order valence-electron chi connectivity index (χ0n) is 12.6. The van der Waals surface area contributed by atoms with Crippen LogP contribution in [0.1, 0.15) is 30.5 Å². The van der Waals surface area contributed by atoms with Gasteiger partial charge in [0.05, 0.1) is 4.90 Å². The number of hydrogen-bond donors (Lipinski definition) is 0. The first-order chi connectivity index (χ1) is 10.6. The molecule has 0 radical (unpaired) electrons. The molecule has 0 bridgehead atoms. The Balaban J connectivity index is 0.00000116. The van der Waals surface area contributed by atoms with Crippen molar-refractivity contribution in [3.05, 3.63) is 64.7 Å². The lowest BCUT2D eigenvalue weighted by Crippen LogP contribution is -1.89. The van der Waals surface area contributed by atoms with Crippen LogP contribution in [-0.4, -0.2) is 0 Å². The van der Waals surface area contributed by atoms with Gasteiger partial charge < -0.3 is 0 Å². The molecule has 0 spiro atoms. The maximum Gasteiger partial charge on any atom is 0.142 e. The Morgan fingerprint density at radius 2 is 1.41 bits per heavy atom. The molecule has 0 fully saturated rings. The van der Waals surface area contributed by atoms with Crippen molar-refractivity contribution in [3.8, 4) is 17.2 Å². The molecule has 2 aromatic rings. The fourth-order valence-electron chi connectivity index (χ4n) is 1.56. The summed E-state index contributed by atoms with van der Waals surface area (Å²) in [4.78, 5) is -0.298. The van der Waals surface area contributed by atoms with Gasteiger partial charge in [0.25, 0.3) is 0 Å². The van der Waals surface area contributed by atoms with E-state index < -0.39 is 11.6 Å². The molecule has 1 nitrogen and oxygen atoms in total. The minimum absolute atomic E-state index is 0.239. The van der Waals surface area contributed by atoms with E-state index in [9.17, 15) is 8.78 Å². The quantitative estimate of drug-likeness (QED) is 0.406. The summed E-state index contributed by atoms with van der Waals surface area (Å²) < 4.78 is 27.2. The van der Waals surface area contributed by atoms with E-state index in [2.05, 4.69) is 11.8 Å². The zero-order valence-corrected chi connectivity index (χ0v) is 13.4. The molecule has 0 saturated carbocycles. The Labute approximate surface area is 134 Å². The van der Waals surface area contributed by atoms with E-state index in [-0.39, 0.29) is 10.5 Å². The summed E-state index contributed by atoms with van der Waals surface area (Å²) in [7, 11) is 0. The SMILES string of the molecule is CC.Cc1ccc(C#Cc2cc(F)c(SC#N)c(F)c2)cc1. The lowest BCUT2D eigenvalue weighted by molar-refractivity contribution is 0.540. The van der Waals surface area contributed by atoms with E-state index >= 15 is 0 Å². The van der Waals surface area contributed by atoms with Crippen LogP contribution in [0.25, 0.3) is 0 Å². The summed E-state index contributed by atoms with van der Waals surface area (Å²) in [6, 6.07) is 9.77. The number of aryl methyl sites for hydroxylation is 1. The predicted molar refractivity (Wildman–Crippen MR) is 86.3 cm³/mol. The molecule has 2 rings (SSSR count). The molecule has 0 aromatic heterocycles. The van der Waals surface area contributed by atoms with Crippen LogP contribution in [0.15, 0.2) is 41.3 Å². The van der Waals surface area contributed by atoms with Crippen molar-refractivity contribution >= 4 is 11.8 Å². The van der Waals surface area contributed by atoms with Crippen molar-refractivity contribution in [2.45, 2.75) is 25.7 Å². The number of benzene rings is 2. The van der Waals surface area contributed by atoms with Gasteiger partial charge in [-0.1, -0.05) is 43.4 Å². The number of hydrogen-bond acceptors (Lipinski definition) is 2. The minimum atomic E-state index is -0.773. The molecule has 0 aliphatic rings. The summed E-state index contributed by atoms with van der Waals surface area (Å²) in [6.07, 6.45) is 0. The highest BCUT2D eigenvalue weighted by Crippen LogP contribution is 2.25. The summed E-state index contributed by atoms with van der Waals surface area (Å²) in [6.45, 7) is 5.97. The second kappa shape index (κ2) is 8.87. The van der Waals surface area contributed by atoms with Crippen LogP contribution in [0.5, 0.6) is 0 Å². The van der Waals surface area contributed by atoms with Crippen LogP contribution >= 0.6 is 11.8 Å². The van der Waals surface area contributed by atoms with Gasteiger partial charge in [-0.25, -0.2) is 8.78 Å². The molecule has 0 aliphatic heterocycles. The average Bonchev–Trinajstić information content (AvgIpc) is 2.52. The first-order valence-electron chi connectivity index (χ1n) is 6.74. The van der Waals surface area contributed by atoms with Gasteiger partial charge in [0.2, 0.25) is 0 Å². The van der Waals surface area contributed by atoms with Gasteiger partial charge >= 0.3 is 0 Å². The van der Waals surface area contributed by atoms with E-state index in [1.54, 1.807) is 5.40 Å². The summed E-state index contributed by atoms with van der Waals surface area (Å²) in [5.41, 5.74) is 2.13. The molecule has 0 heterocycles. The smallest absolute Gasteiger partial charge is 0.142 e. The molecular weight excluding hydrogens is 300 g/mol. The van der Waals surface area contributed by atoms with Crippen LogP contribution < -0.4 is 0 Å². The first-order valence-corrected chi connectivity index (χ1v) is 7.55. The molecular formula is C18H15F2NS. The second-order valence-electron chi connectivity index (χ2n) is 4.08. The fourth-order valence-corrected chi connectivity index (χ4v) is 1.96. The number of thiocyanates is 1. The number of thioether (sulfide) groups is 1. The Kier molecular flexibility index (Phi) is 7.16. The number of nitriles is 1. The number of halogens is 2. The summed E-state index contributed by atoms with van der Waals surface area (Å²) >= 11 is 0.461. The standard InChI is InChI=1S/C16H9F2NS.C2H6/c1-11-2-4-12(5-3-11)6-7-13-8-14(17)16(20-10-19)15(18)9-13;1-2/h2-5,8-9H,1H3;1-2H3. The Hall–Kier alpha value is -2.30. The van der Waals surface area contributed by atoms with Crippen molar-refractivity contribution in [3.63, 3.8) is 0 Å².